The first-order valence-corrected chi connectivity index (χ1v) is 7.72. The summed E-state index contributed by atoms with van der Waals surface area (Å²) in [4.78, 5) is 15.4. The molecule has 0 radical (unpaired) electrons. The number of nitrogens with zero attached hydrogens (tertiary/aromatic N) is 2. The lowest BCUT2D eigenvalue weighted by atomic mass is 10.2. The molecule has 6 nitrogen and oxygen atoms in total. The monoisotopic (exact) mass is 327 g/mol. The van der Waals surface area contributed by atoms with E-state index in [-0.39, 0.29) is 19.1 Å². The molecule has 1 heterocycles. The van der Waals surface area contributed by atoms with E-state index in [0.717, 1.165) is 24.5 Å². The predicted molar refractivity (Wildman–Crippen MR) is 87.5 cm³/mol. The Hall–Kier alpha value is -1.50. The van der Waals surface area contributed by atoms with Gasteiger partial charge < -0.3 is 25.3 Å². The summed E-state index contributed by atoms with van der Waals surface area (Å²) in [7, 11) is 0. The minimum atomic E-state index is -0.818. The van der Waals surface area contributed by atoms with Crippen molar-refractivity contribution in [3.63, 3.8) is 0 Å². The Balaban J connectivity index is 2.08. The molecular weight excluding hydrogens is 306 g/mol. The van der Waals surface area contributed by atoms with Crippen LogP contribution in [-0.4, -0.2) is 66.5 Å². The molecule has 1 saturated heterocycles. The number of carbonyl (C=O) groups is 1. The fourth-order valence-electron chi connectivity index (χ4n) is 2.48. The van der Waals surface area contributed by atoms with Gasteiger partial charge in [0.25, 0.3) is 0 Å². The fourth-order valence-corrected chi connectivity index (χ4v) is 2.65. The number of benzene rings is 1. The molecule has 22 heavy (non-hydrogen) atoms. The van der Waals surface area contributed by atoms with Crippen molar-refractivity contribution in [1.82, 2.24) is 4.90 Å². The Morgan fingerprint density at radius 1 is 1.36 bits per heavy atom. The molecule has 1 aliphatic heterocycles. The third kappa shape index (κ3) is 4.25. The highest BCUT2D eigenvalue weighted by atomic mass is 35.5. The van der Waals surface area contributed by atoms with Gasteiger partial charge in [-0.15, -0.1) is 0 Å². The highest BCUT2D eigenvalue weighted by Crippen LogP contribution is 2.30. The quantitative estimate of drug-likeness (QED) is 0.745. The molecule has 0 spiro atoms. The van der Waals surface area contributed by atoms with Crippen LogP contribution in [0, 0.1) is 0 Å². The van der Waals surface area contributed by atoms with Gasteiger partial charge in [0, 0.05) is 44.7 Å². The van der Waals surface area contributed by atoms with Crippen molar-refractivity contribution < 1.29 is 15.0 Å². The maximum Gasteiger partial charge on any atom is 0.219 e. The van der Waals surface area contributed by atoms with Crippen molar-refractivity contribution in [3.05, 3.63) is 23.2 Å². The van der Waals surface area contributed by atoms with E-state index in [2.05, 4.69) is 10.2 Å². The van der Waals surface area contributed by atoms with Crippen LogP contribution >= 0.6 is 11.6 Å². The first kappa shape index (κ1) is 16.9. The predicted octanol–water partition coefficient (Wildman–Crippen LogP) is 0.774. The first-order chi connectivity index (χ1) is 10.5. The van der Waals surface area contributed by atoms with Gasteiger partial charge in [-0.1, -0.05) is 11.6 Å². The Labute approximate surface area is 135 Å². The number of carbonyl (C=O) groups excluding carboxylic acids is 1. The number of hydrogen-bond acceptors (Lipinski definition) is 5. The number of halogens is 1. The summed E-state index contributed by atoms with van der Waals surface area (Å²) in [5.41, 5.74) is 1.80. The zero-order valence-electron chi connectivity index (χ0n) is 12.6. The standard InChI is InChI=1S/C15H22ClN3O3/c1-11(21)18-4-6-19(7-5-18)15-3-2-12(16)8-14(15)17-9-13(22)10-20/h2-3,8,13,17,20,22H,4-7,9-10H2,1H3. The van der Waals surface area contributed by atoms with Crippen molar-refractivity contribution in [3.8, 4) is 0 Å². The third-order valence-corrected chi connectivity index (χ3v) is 4.00. The van der Waals surface area contributed by atoms with Crippen molar-refractivity contribution in [2.24, 2.45) is 0 Å². The molecular formula is C15H22ClN3O3. The van der Waals surface area contributed by atoms with E-state index < -0.39 is 6.10 Å². The molecule has 7 heteroatoms. The number of amides is 1. The number of aliphatic hydroxyl groups excluding tert-OH is 2. The molecule has 1 unspecified atom stereocenters. The number of aliphatic hydroxyl groups is 2. The number of anilines is 2. The van der Waals surface area contributed by atoms with E-state index in [1.54, 1.807) is 13.0 Å². The summed E-state index contributed by atoms with van der Waals surface area (Å²) in [5.74, 6) is 0.0974. The first-order valence-electron chi connectivity index (χ1n) is 7.34. The normalized spacial score (nSPS) is 16.5. The number of rotatable bonds is 5. The molecule has 2 rings (SSSR count). The Kier molecular flexibility index (Phi) is 5.88. The molecule has 1 atom stereocenters. The van der Waals surface area contributed by atoms with Crippen molar-refractivity contribution in [2.75, 3.05) is 49.5 Å². The van der Waals surface area contributed by atoms with Gasteiger partial charge >= 0.3 is 0 Å². The molecule has 0 aromatic heterocycles. The van der Waals surface area contributed by atoms with Crippen LogP contribution in [0.25, 0.3) is 0 Å². The van der Waals surface area contributed by atoms with E-state index in [1.807, 2.05) is 17.0 Å². The highest BCUT2D eigenvalue weighted by Gasteiger charge is 2.20. The Morgan fingerprint density at radius 3 is 2.64 bits per heavy atom. The van der Waals surface area contributed by atoms with Crippen LogP contribution in [0.2, 0.25) is 5.02 Å². The maximum atomic E-state index is 11.4. The molecule has 122 valence electrons. The van der Waals surface area contributed by atoms with E-state index in [4.69, 9.17) is 16.7 Å². The van der Waals surface area contributed by atoms with E-state index in [0.29, 0.717) is 18.1 Å². The fraction of sp³-hybridized carbons (Fsp3) is 0.533. The van der Waals surface area contributed by atoms with Gasteiger partial charge in [-0.05, 0) is 18.2 Å². The number of hydrogen-bond donors (Lipinski definition) is 3. The van der Waals surface area contributed by atoms with Gasteiger partial charge in [0.2, 0.25) is 5.91 Å². The summed E-state index contributed by atoms with van der Waals surface area (Å²) in [6.45, 7) is 4.42. The molecule has 1 aliphatic rings. The Morgan fingerprint density at radius 2 is 2.05 bits per heavy atom. The summed E-state index contributed by atoms with van der Waals surface area (Å²) in [6.07, 6.45) is -0.818. The van der Waals surface area contributed by atoms with Crippen LogP contribution in [-0.2, 0) is 4.79 Å². The van der Waals surface area contributed by atoms with Gasteiger partial charge in [0.15, 0.2) is 0 Å². The number of nitrogens with one attached hydrogen (secondary N) is 1. The zero-order chi connectivity index (χ0) is 16.1. The minimum absolute atomic E-state index is 0.0974. The number of piperazine rings is 1. The van der Waals surface area contributed by atoms with Gasteiger partial charge in [0.05, 0.1) is 24.1 Å². The van der Waals surface area contributed by atoms with E-state index >= 15 is 0 Å². The molecule has 1 amide bonds. The minimum Gasteiger partial charge on any atom is -0.394 e. The lowest BCUT2D eigenvalue weighted by Gasteiger charge is -2.36. The molecule has 1 fully saturated rings. The summed E-state index contributed by atoms with van der Waals surface area (Å²) in [5, 5.41) is 22.1. The molecule has 0 bridgehead atoms. The second-order valence-corrected chi connectivity index (χ2v) is 5.81. The smallest absolute Gasteiger partial charge is 0.219 e. The topological polar surface area (TPSA) is 76.0 Å². The van der Waals surface area contributed by atoms with E-state index in [9.17, 15) is 9.90 Å². The van der Waals surface area contributed by atoms with Crippen LogP contribution < -0.4 is 10.2 Å². The second-order valence-electron chi connectivity index (χ2n) is 5.37. The average Bonchev–Trinajstić information content (AvgIpc) is 2.52. The summed E-state index contributed by atoms with van der Waals surface area (Å²) < 4.78 is 0. The van der Waals surface area contributed by atoms with Gasteiger partial charge in [-0.25, -0.2) is 0 Å². The van der Waals surface area contributed by atoms with Crippen LogP contribution in [0.4, 0.5) is 11.4 Å². The van der Waals surface area contributed by atoms with Gasteiger partial charge in [-0.3, -0.25) is 4.79 Å². The molecule has 1 aromatic rings. The van der Waals surface area contributed by atoms with Crippen molar-refractivity contribution >= 4 is 28.9 Å². The second kappa shape index (κ2) is 7.67. The largest absolute Gasteiger partial charge is 0.394 e. The highest BCUT2D eigenvalue weighted by molar-refractivity contribution is 6.31. The molecule has 1 aromatic carbocycles. The van der Waals surface area contributed by atoms with Gasteiger partial charge in [0.1, 0.15) is 0 Å². The third-order valence-electron chi connectivity index (χ3n) is 3.76. The SMILES string of the molecule is CC(=O)N1CCN(c2ccc(Cl)cc2NCC(O)CO)CC1. The molecule has 3 N–H and O–H groups in total. The lowest BCUT2D eigenvalue weighted by Crippen LogP contribution is -2.48. The zero-order valence-corrected chi connectivity index (χ0v) is 13.4. The summed E-state index contributed by atoms with van der Waals surface area (Å²) >= 11 is 6.05. The molecule has 0 aliphatic carbocycles. The van der Waals surface area contributed by atoms with Crippen LogP contribution in [0.1, 0.15) is 6.92 Å². The maximum absolute atomic E-state index is 11.4. The average molecular weight is 328 g/mol. The van der Waals surface area contributed by atoms with Crippen molar-refractivity contribution in [2.45, 2.75) is 13.0 Å². The molecule has 0 saturated carbocycles. The summed E-state index contributed by atoms with van der Waals surface area (Å²) in [6, 6.07) is 5.56. The van der Waals surface area contributed by atoms with E-state index in [1.165, 1.54) is 0 Å². The lowest BCUT2D eigenvalue weighted by molar-refractivity contribution is -0.129. The van der Waals surface area contributed by atoms with Crippen molar-refractivity contribution in [1.29, 1.82) is 0 Å². The van der Waals surface area contributed by atoms with Crippen LogP contribution in [0.3, 0.4) is 0 Å². The Bertz CT molecular complexity index is 519. The van der Waals surface area contributed by atoms with Crippen LogP contribution in [0.5, 0.6) is 0 Å². The van der Waals surface area contributed by atoms with Crippen LogP contribution in [0.15, 0.2) is 18.2 Å². The van der Waals surface area contributed by atoms with Gasteiger partial charge in [-0.2, -0.15) is 0 Å².